The summed E-state index contributed by atoms with van der Waals surface area (Å²) in [7, 11) is 0. The van der Waals surface area contributed by atoms with Gasteiger partial charge in [-0.15, -0.1) is 11.3 Å². The minimum atomic E-state index is 0.0157. The normalized spacial score (nSPS) is 17.6. The van der Waals surface area contributed by atoms with Gasteiger partial charge in [0.1, 0.15) is 0 Å². The van der Waals surface area contributed by atoms with Gasteiger partial charge in [-0.05, 0) is 62.4 Å². The third-order valence-corrected chi connectivity index (χ3v) is 5.87. The highest BCUT2D eigenvalue weighted by Crippen LogP contribution is 2.29. The van der Waals surface area contributed by atoms with Crippen molar-refractivity contribution in [3.05, 3.63) is 57.8 Å². The quantitative estimate of drug-likeness (QED) is 0.880. The lowest BCUT2D eigenvalue weighted by atomic mass is 9.97. The van der Waals surface area contributed by atoms with E-state index in [1.165, 1.54) is 23.3 Å². The third-order valence-electron chi connectivity index (χ3n) is 4.90. The van der Waals surface area contributed by atoms with Crippen molar-refractivity contribution >= 4 is 17.2 Å². The molecule has 3 rings (SSSR count). The Hall–Kier alpha value is -1.65. The second kappa shape index (κ2) is 7.95. The van der Waals surface area contributed by atoms with Crippen LogP contribution in [0.25, 0.3) is 0 Å². The van der Waals surface area contributed by atoms with E-state index in [0.29, 0.717) is 6.54 Å². The number of piperidine rings is 1. The van der Waals surface area contributed by atoms with Gasteiger partial charge in [0.2, 0.25) is 0 Å². The van der Waals surface area contributed by atoms with Gasteiger partial charge in [0, 0.05) is 17.0 Å². The van der Waals surface area contributed by atoms with E-state index in [9.17, 15) is 4.79 Å². The number of hydrogen-bond acceptors (Lipinski definition) is 3. The van der Waals surface area contributed by atoms with Gasteiger partial charge < -0.3 is 5.32 Å². The van der Waals surface area contributed by atoms with Gasteiger partial charge in [-0.2, -0.15) is 0 Å². The van der Waals surface area contributed by atoms with Crippen molar-refractivity contribution in [2.75, 3.05) is 19.6 Å². The van der Waals surface area contributed by atoms with Crippen LogP contribution in [0.1, 0.15) is 46.6 Å². The SMILES string of the molecule is Cc1ccc(C(=O)NCC(c2cccs2)N2CCC(C)CC2)cc1. The molecule has 1 aromatic heterocycles. The Bertz CT molecular complexity index is 643. The van der Waals surface area contributed by atoms with Crippen molar-refractivity contribution in [1.29, 1.82) is 0 Å². The number of nitrogens with zero attached hydrogens (tertiary/aromatic N) is 1. The summed E-state index contributed by atoms with van der Waals surface area (Å²) in [4.78, 5) is 16.3. The molecule has 0 radical (unpaired) electrons. The number of benzene rings is 1. The van der Waals surface area contributed by atoms with Crippen LogP contribution >= 0.6 is 11.3 Å². The second-order valence-corrected chi connectivity index (χ2v) is 7.81. The van der Waals surface area contributed by atoms with Gasteiger partial charge in [-0.3, -0.25) is 9.69 Å². The number of nitrogens with one attached hydrogen (secondary N) is 1. The molecule has 3 nitrogen and oxygen atoms in total. The number of amides is 1. The van der Waals surface area contributed by atoms with Crippen LogP contribution in [-0.4, -0.2) is 30.4 Å². The van der Waals surface area contributed by atoms with Crippen molar-refractivity contribution in [3.63, 3.8) is 0 Å². The zero-order chi connectivity index (χ0) is 16.9. The van der Waals surface area contributed by atoms with E-state index in [2.05, 4.69) is 34.7 Å². The topological polar surface area (TPSA) is 32.3 Å². The van der Waals surface area contributed by atoms with Gasteiger partial charge in [0.05, 0.1) is 6.04 Å². The predicted octanol–water partition coefficient (Wildman–Crippen LogP) is 4.26. The maximum absolute atomic E-state index is 12.4. The lowest BCUT2D eigenvalue weighted by Gasteiger charge is -2.36. The average molecular weight is 343 g/mol. The lowest BCUT2D eigenvalue weighted by Crippen LogP contribution is -2.41. The van der Waals surface area contributed by atoms with E-state index < -0.39 is 0 Å². The molecule has 128 valence electrons. The zero-order valence-electron chi connectivity index (χ0n) is 14.5. The molecule has 4 heteroatoms. The molecule has 0 aliphatic carbocycles. The smallest absolute Gasteiger partial charge is 0.251 e. The van der Waals surface area contributed by atoms with Crippen LogP contribution in [0.5, 0.6) is 0 Å². The summed E-state index contributed by atoms with van der Waals surface area (Å²) < 4.78 is 0. The van der Waals surface area contributed by atoms with Crippen LogP contribution in [0.2, 0.25) is 0 Å². The maximum atomic E-state index is 12.4. The van der Waals surface area contributed by atoms with Gasteiger partial charge in [0.15, 0.2) is 0 Å². The molecule has 1 atom stereocenters. The minimum Gasteiger partial charge on any atom is -0.350 e. The Morgan fingerprint density at radius 1 is 1.25 bits per heavy atom. The summed E-state index contributed by atoms with van der Waals surface area (Å²) in [6.07, 6.45) is 2.49. The predicted molar refractivity (Wildman–Crippen MR) is 101 cm³/mol. The van der Waals surface area contributed by atoms with Gasteiger partial charge in [0.25, 0.3) is 5.91 Å². The molecule has 0 saturated carbocycles. The van der Waals surface area contributed by atoms with E-state index in [0.717, 1.165) is 24.6 Å². The number of carbonyl (C=O) groups excluding carboxylic acids is 1. The van der Waals surface area contributed by atoms with E-state index >= 15 is 0 Å². The number of hydrogen-bond donors (Lipinski definition) is 1. The molecule has 1 unspecified atom stereocenters. The summed E-state index contributed by atoms with van der Waals surface area (Å²) in [6.45, 7) is 7.26. The lowest BCUT2D eigenvalue weighted by molar-refractivity contribution is 0.0915. The largest absolute Gasteiger partial charge is 0.350 e. The van der Waals surface area contributed by atoms with Crippen molar-refractivity contribution in [1.82, 2.24) is 10.2 Å². The maximum Gasteiger partial charge on any atom is 0.251 e. The fourth-order valence-electron chi connectivity index (χ4n) is 3.23. The molecular weight excluding hydrogens is 316 g/mol. The van der Waals surface area contributed by atoms with E-state index in [1.807, 2.05) is 31.2 Å². The first-order valence-corrected chi connectivity index (χ1v) is 9.64. The molecule has 2 heterocycles. The summed E-state index contributed by atoms with van der Waals surface area (Å²) in [5, 5.41) is 5.26. The molecule has 0 bridgehead atoms. The zero-order valence-corrected chi connectivity index (χ0v) is 15.3. The highest BCUT2D eigenvalue weighted by atomic mass is 32.1. The van der Waals surface area contributed by atoms with Crippen molar-refractivity contribution in [2.45, 2.75) is 32.7 Å². The first-order valence-electron chi connectivity index (χ1n) is 8.76. The van der Waals surface area contributed by atoms with Gasteiger partial charge in [-0.25, -0.2) is 0 Å². The summed E-state index contributed by atoms with van der Waals surface area (Å²) in [6, 6.07) is 12.3. The molecule has 1 aliphatic heterocycles. The molecule has 1 amide bonds. The van der Waals surface area contributed by atoms with Crippen LogP contribution in [-0.2, 0) is 0 Å². The molecule has 24 heavy (non-hydrogen) atoms. The molecule has 1 aromatic carbocycles. The first kappa shape index (κ1) is 17.2. The number of aryl methyl sites for hydroxylation is 1. The van der Waals surface area contributed by atoms with E-state index in [-0.39, 0.29) is 11.9 Å². The van der Waals surface area contributed by atoms with Crippen molar-refractivity contribution in [3.8, 4) is 0 Å². The second-order valence-electron chi connectivity index (χ2n) is 6.83. The highest BCUT2D eigenvalue weighted by molar-refractivity contribution is 7.10. The summed E-state index contributed by atoms with van der Waals surface area (Å²) >= 11 is 1.78. The monoisotopic (exact) mass is 342 g/mol. The average Bonchev–Trinajstić information content (AvgIpc) is 3.11. The van der Waals surface area contributed by atoms with Gasteiger partial charge >= 0.3 is 0 Å². The molecule has 1 saturated heterocycles. The first-order chi connectivity index (χ1) is 11.6. The number of likely N-dealkylation sites (tertiary alicyclic amines) is 1. The number of carbonyl (C=O) groups is 1. The highest BCUT2D eigenvalue weighted by Gasteiger charge is 2.25. The molecular formula is C20H26N2OS. The van der Waals surface area contributed by atoms with Crippen molar-refractivity contribution < 1.29 is 4.79 Å². The van der Waals surface area contributed by atoms with E-state index in [4.69, 9.17) is 0 Å². The third kappa shape index (κ3) is 4.25. The molecule has 1 N–H and O–H groups in total. The molecule has 1 aliphatic rings. The Kier molecular flexibility index (Phi) is 5.69. The fourth-order valence-corrected chi connectivity index (χ4v) is 4.09. The van der Waals surface area contributed by atoms with Gasteiger partial charge in [-0.1, -0.05) is 30.7 Å². The standard InChI is InChI=1S/C20H26N2OS/c1-15-5-7-17(8-6-15)20(23)21-14-18(19-4-3-13-24-19)22-11-9-16(2)10-12-22/h3-8,13,16,18H,9-12,14H2,1-2H3,(H,21,23). The number of thiophene rings is 1. The van der Waals surface area contributed by atoms with Crippen molar-refractivity contribution in [2.24, 2.45) is 5.92 Å². The van der Waals surface area contributed by atoms with Crippen LogP contribution in [0, 0.1) is 12.8 Å². The van der Waals surface area contributed by atoms with Crippen LogP contribution < -0.4 is 5.32 Å². The summed E-state index contributed by atoms with van der Waals surface area (Å²) in [5.41, 5.74) is 1.91. The van der Waals surface area contributed by atoms with Crippen LogP contribution in [0.15, 0.2) is 41.8 Å². The Morgan fingerprint density at radius 3 is 2.58 bits per heavy atom. The molecule has 2 aromatic rings. The fraction of sp³-hybridized carbons (Fsp3) is 0.450. The Labute approximate surface area is 148 Å². The minimum absolute atomic E-state index is 0.0157. The van der Waals surface area contributed by atoms with Crippen LogP contribution in [0.3, 0.4) is 0 Å². The van der Waals surface area contributed by atoms with Crippen LogP contribution in [0.4, 0.5) is 0 Å². The van der Waals surface area contributed by atoms with E-state index in [1.54, 1.807) is 11.3 Å². The molecule has 1 fully saturated rings. The molecule has 0 spiro atoms. The Morgan fingerprint density at radius 2 is 1.96 bits per heavy atom. The number of rotatable bonds is 5. The summed E-state index contributed by atoms with van der Waals surface area (Å²) in [5.74, 6) is 0.828. The Balaban J connectivity index is 1.66.